The quantitative estimate of drug-likeness (QED) is 0.695. The summed E-state index contributed by atoms with van der Waals surface area (Å²) in [5, 5.41) is 11.6. The van der Waals surface area contributed by atoms with E-state index in [1.54, 1.807) is 13.1 Å². The van der Waals surface area contributed by atoms with Crippen LogP contribution in [0.2, 0.25) is 0 Å². The van der Waals surface area contributed by atoms with Crippen molar-refractivity contribution in [2.45, 2.75) is 13.5 Å². The average Bonchev–Trinajstić information content (AvgIpc) is 2.50. The SMILES string of the molecule is C/C(=C/C(=O)O)CNCc1nccn1C. The zero-order valence-corrected chi connectivity index (χ0v) is 8.90. The Labute approximate surface area is 88.4 Å². The van der Waals surface area contributed by atoms with Crippen LogP contribution in [-0.2, 0) is 18.4 Å². The van der Waals surface area contributed by atoms with E-state index < -0.39 is 5.97 Å². The molecule has 0 aliphatic rings. The Morgan fingerprint density at radius 3 is 3.00 bits per heavy atom. The van der Waals surface area contributed by atoms with Gasteiger partial charge in [-0.05, 0) is 6.92 Å². The van der Waals surface area contributed by atoms with E-state index in [-0.39, 0.29) is 0 Å². The van der Waals surface area contributed by atoms with Crippen LogP contribution >= 0.6 is 0 Å². The molecule has 0 bridgehead atoms. The van der Waals surface area contributed by atoms with E-state index in [2.05, 4.69) is 10.3 Å². The number of aromatic nitrogens is 2. The normalized spacial score (nSPS) is 11.7. The molecule has 0 radical (unpaired) electrons. The number of carboxylic acids is 1. The minimum atomic E-state index is -0.911. The molecule has 1 heterocycles. The van der Waals surface area contributed by atoms with Crippen LogP contribution < -0.4 is 5.32 Å². The number of hydrogen-bond donors (Lipinski definition) is 2. The molecule has 5 heteroatoms. The maximum atomic E-state index is 10.3. The smallest absolute Gasteiger partial charge is 0.328 e. The lowest BCUT2D eigenvalue weighted by atomic mass is 10.3. The Bertz CT molecular complexity index is 368. The van der Waals surface area contributed by atoms with E-state index in [4.69, 9.17) is 5.11 Å². The monoisotopic (exact) mass is 209 g/mol. The molecule has 0 aliphatic carbocycles. The van der Waals surface area contributed by atoms with Gasteiger partial charge < -0.3 is 15.0 Å². The highest BCUT2D eigenvalue weighted by Crippen LogP contribution is 1.94. The number of aryl methyl sites for hydroxylation is 1. The number of nitrogens with one attached hydrogen (secondary N) is 1. The summed E-state index contributed by atoms with van der Waals surface area (Å²) in [5.41, 5.74) is 0.789. The Balaban J connectivity index is 2.34. The van der Waals surface area contributed by atoms with Gasteiger partial charge in [0.1, 0.15) is 5.82 Å². The Morgan fingerprint density at radius 1 is 1.73 bits per heavy atom. The number of aliphatic carboxylic acids is 1. The number of imidazole rings is 1. The van der Waals surface area contributed by atoms with Gasteiger partial charge in [-0.2, -0.15) is 0 Å². The van der Waals surface area contributed by atoms with Crippen LogP contribution in [0, 0.1) is 0 Å². The van der Waals surface area contributed by atoms with Gasteiger partial charge in [0.05, 0.1) is 6.54 Å². The molecule has 0 aliphatic heterocycles. The highest BCUT2D eigenvalue weighted by atomic mass is 16.4. The molecule has 0 saturated carbocycles. The Morgan fingerprint density at radius 2 is 2.47 bits per heavy atom. The first-order valence-electron chi connectivity index (χ1n) is 4.66. The summed E-state index contributed by atoms with van der Waals surface area (Å²) >= 11 is 0. The standard InChI is InChI=1S/C10H15N3O2/c1-8(5-10(14)15)6-11-7-9-12-3-4-13(9)2/h3-5,11H,6-7H2,1-2H3,(H,14,15)/b8-5-. The molecule has 0 spiro atoms. The second kappa shape index (κ2) is 5.31. The van der Waals surface area contributed by atoms with Crippen LogP contribution in [0.5, 0.6) is 0 Å². The fourth-order valence-corrected chi connectivity index (χ4v) is 1.20. The van der Waals surface area contributed by atoms with Gasteiger partial charge in [0, 0.05) is 32.1 Å². The van der Waals surface area contributed by atoms with Gasteiger partial charge in [-0.3, -0.25) is 0 Å². The lowest BCUT2D eigenvalue weighted by Gasteiger charge is -2.04. The van der Waals surface area contributed by atoms with Crippen molar-refractivity contribution in [3.8, 4) is 0 Å². The molecule has 82 valence electrons. The van der Waals surface area contributed by atoms with Crippen molar-refractivity contribution in [2.75, 3.05) is 6.54 Å². The van der Waals surface area contributed by atoms with Gasteiger partial charge in [0.25, 0.3) is 0 Å². The fraction of sp³-hybridized carbons (Fsp3) is 0.400. The van der Waals surface area contributed by atoms with Gasteiger partial charge in [-0.1, -0.05) is 5.57 Å². The number of carboxylic acid groups (broad SMARTS) is 1. The largest absolute Gasteiger partial charge is 0.478 e. The third kappa shape index (κ3) is 3.95. The number of hydrogen-bond acceptors (Lipinski definition) is 3. The van der Waals surface area contributed by atoms with E-state index in [0.29, 0.717) is 13.1 Å². The van der Waals surface area contributed by atoms with Crippen LogP contribution in [-0.4, -0.2) is 27.2 Å². The van der Waals surface area contributed by atoms with Gasteiger partial charge in [0.15, 0.2) is 0 Å². The van der Waals surface area contributed by atoms with Crippen molar-refractivity contribution in [1.29, 1.82) is 0 Å². The third-order valence-electron chi connectivity index (χ3n) is 1.98. The molecule has 0 fully saturated rings. The fourth-order valence-electron chi connectivity index (χ4n) is 1.20. The summed E-state index contributed by atoms with van der Waals surface area (Å²) < 4.78 is 1.92. The molecular weight excluding hydrogens is 194 g/mol. The maximum absolute atomic E-state index is 10.3. The van der Waals surface area contributed by atoms with Gasteiger partial charge >= 0.3 is 5.97 Å². The van der Waals surface area contributed by atoms with Crippen molar-refractivity contribution in [2.24, 2.45) is 7.05 Å². The average molecular weight is 209 g/mol. The Hall–Kier alpha value is -1.62. The van der Waals surface area contributed by atoms with E-state index >= 15 is 0 Å². The molecule has 1 aromatic rings. The topological polar surface area (TPSA) is 67.2 Å². The number of rotatable bonds is 5. The first-order chi connectivity index (χ1) is 7.09. The molecule has 1 rings (SSSR count). The van der Waals surface area contributed by atoms with Crippen molar-refractivity contribution < 1.29 is 9.90 Å². The van der Waals surface area contributed by atoms with E-state index in [9.17, 15) is 4.79 Å². The van der Waals surface area contributed by atoms with Crippen molar-refractivity contribution in [3.05, 3.63) is 29.9 Å². The minimum absolute atomic E-state index is 0.555. The van der Waals surface area contributed by atoms with Crippen molar-refractivity contribution in [3.63, 3.8) is 0 Å². The summed E-state index contributed by atoms with van der Waals surface area (Å²) in [6.45, 7) is 2.97. The molecule has 0 unspecified atom stereocenters. The van der Waals surface area contributed by atoms with Gasteiger partial charge in [0.2, 0.25) is 0 Å². The molecule has 0 atom stereocenters. The second-order valence-electron chi connectivity index (χ2n) is 3.39. The van der Waals surface area contributed by atoms with Crippen LogP contribution in [0.25, 0.3) is 0 Å². The molecule has 1 aromatic heterocycles. The van der Waals surface area contributed by atoms with Crippen molar-refractivity contribution >= 4 is 5.97 Å². The molecule has 0 amide bonds. The van der Waals surface area contributed by atoms with Crippen LogP contribution in [0.4, 0.5) is 0 Å². The highest BCUT2D eigenvalue weighted by Gasteiger charge is 1.98. The molecule has 15 heavy (non-hydrogen) atoms. The maximum Gasteiger partial charge on any atom is 0.328 e. The van der Waals surface area contributed by atoms with E-state index in [0.717, 1.165) is 11.4 Å². The zero-order valence-electron chi connectivity index (χ0n) is 8.90. The molecule has 0 saturated heterocycles. The van der Waals surface area contributed by atoms with Crippen LogP contribution in [0.3, 0.4) is 0 Å². The summed E-state index contributed by atoms with van der Waals surface area (Å²) in [6.07, 6.45) is 4.80. The first kappa shape index (κ1) is 11.5. The lowest BCUT2D eigenvalue weighted by Crippen LogP contribution is -2.18. The predicted molar refractivity (Wildman–Crippen MR) is 56.3 cm³/mol. The minimum Gasteiger partial charge on any atom is -0.478 e. The van der Waals surface area contributed by atoms with E-state index in [1.807, 2.05) is 17.8 Å². The highest BCUT2D eigenvalue weighted by molar-refractivity contribution is 5.80. The summed E-state index contributed by atoms with van der Waals surface area (Å²) in [5.74, 6) is 0.0180. The van der Waals surface area contributed by atoms with Gasteiger partial charge in [-0.15, -0.1) is 0 Å². The molecule has 2 N–H and O–H groups in total. The second-order valence-corrected chi connectivity index (χ2v) is 3.39. The summed E-state index contributed by atoms with van der Waals surface area (Å²) in [4.78, 5) is 14.5. The molecule has 5 nitrogen and oxygen atoms in total. The first-order valence-corrected chi connectivity index (χ1v) is 4.66. The summed E-state index contributed by atoms with van der Waals surface area (Å²) in [6, 6.07) is 0. The van der Waals surface area contributed by atoms with Crippen molar-refractivity contribution in [1.82, 2.24) is 14.9 Å². The molecular formula is C10H15N3O2. The molecule has 0 aromatic carbocycles. The Kier molecular flexibility index (Phi) is 4.05. The third-order valence-corrected chi connectivity index (χ3v) is 1.98. The summed E-state index contributed by atoms with van der Waals surface area (Å²) in [7, 11) is 1.92. The van der Waals surface area contributed by atoms with E-state index in [1.165, 1.54) is 6.08 Å². The van der Waals surface area contributed by atoms with Gasteiger partial charge in [-0.25, -0.2) is 9.78 Å². The number of nitrogens with zero attached hydrogens (tertiary/aromatic N) is 2. The number of carbonyl (C=O) groups is 1. The van der Waals surface area contributed by atoms with Crippen LogP contribution in [0.15, 0.2) is 24.0 Å². The lowest BCUT2D eigenvalue weighted by molar-refractivity contribution is -0.131. The van der Waals surface area contributed by atoms with Crippen LogP contribution in [0.1, 0.15) is 12.7 Å². The predicted octanol–water partition coefficient (Wildman–Crippen LogP) is 0.541. The zero-order chi connectivity index (χ0) is 11.3.